The fourth-order valence-electron chi connectivity index (χ4n) is 1.71. The Hall–Kier alpha value is -0.450. The Morgan fingerprint density at radius 1 is 1.50 bits per heavy atom. The average Bonchev–Trinajstić information content (AvgIpc) is 2.18. The van der Waals surface area contributed by atoms with Crippen LogP contribution >= 0.6 is 0 Å². The van der Waals surface area contributed by atoms with Crippen molar-refractivity contribution in [1.29, 1.82) is 0 Å². The van der Waals surface area contributed by atoms with Crippen molar-refractivity contribution in [3.05, 3.63) is 0 Å². The summed E-state index contributed by atoms with van der Waals surface area (Å²) in [5.74, 6) is 0. The van der Waals surface area contributed by atoms with Gasteiger partial charge in [-0.15, -0.1) is 0 Å². The van der Waals surface area contributed by atoms with Crippen LogP contribution in [0.15, 0.2) is 0 Å². The van der Waals surface area contributed by atoms with Gasteiger partial charge in [0.1, 0.15) is 6.29 Å². The van der Waals surface area contributed by atoms with Crippen molar-refractivity contribution >= 4 is 6.29 Å². The molecule has 4 heteroatoms. The van der Waals surface area contributed by atoms with E-state index >= 15 is 0 Å². The molecule has 0 radical (unpaired) electrons. The first-order valence-electron chi connectivity index (χ1n) is 5.19. The van der Waals surface area contributed by atoms with Gasteiger partial charge in [0.15, 0.2) is 6.29 Å². The van der Waals surface area contributed by atoms with E-state index in [1.807, 2.05) is 0 Å². The molecular formula is C10H18O4. The lowest BCUT2D eigenvalue weighted by molar-refractivity contribution is -0.190. The molecule has 0 saturated carbocycles. The molecule has 1 fully saturated rings. The smallest absolute Gasteiger partial charge is 0.155 e. The van der Waals surface area contributed by atoms with Crippen LogP contribution in [0.5, 0.6) is 0 Å². The third-order valence-corrected chi connectivity index (χ3v) is 2.52. The summed E-state index contributed by atoms with van der Waals surface area (Å²) in [5, 5.41) is 18.9. The van der Waals surface area contributed by atoms with Crippen LogP contribution in [-0.4, -0.2) is 35.0 Å². The average molecular weight is 202 g/mol. The van der Waals surface area contributed by atoms with Crippen molar-refractivity contribution in [3.8, 4) is 0 Å². The number of hydrogen-bond acceptors (Lipinski definition) is 4. The summed E-state index contributed by atoms with van der Waals surface area (Å²) in [6.07, 6.45) is 3.37. The van der Waals surface area contributed by atoms with Crippen LogP contribution in [0.2, 0.25) is 0 Å². The van der Waals surface area contributed by atoms with E-state index in [9.17, 15) is 15.0 Å². The second-order valence-corrected chi connectivity index (χ2v) is 3.73. The van der Waals surface area contributed by atoms with Gasteiger partial charge in [-0.3, -0.25) is 0 Å². The molecule has 1 rings (SSSR count). The Labute approximate surface area is 83.9 Å². The molecule has 3 atom stereocenters. The predicted molar refractivity (Wildman–Crippen MR) is 50.7 cm³/mol. The molecule has 0 aromatic rings. The zero-order valence-electron chi connectivity index (χ0n) is 8.26. The lowest BCUT2D eigenvalue weighted by atomic mass is 10.00. The molecule has 0 bridgehead atoms. The number of rotatable bonds is 5. The number of carbonyl (C=O) groups excluding carboxylic acids is 1. The summed E-state index contributed by atoms with van der Waals surface area (Å²) >= 11 is 0. The molecule has 0 spiro atoms. The minimum atomic E-state index is -0.727. The van der Waals surface area contributed by atoms with E-state index in [2.05, 4.69) is 0 Å². The second-order valence-electron chi connectivity index (χ2n) is 3.73. The maximum atomic E-state index is 10.1. The van der Waals surface area contributed by atoms with Gasteiger partial charge in [0, 0.05) is 6.42 Å². The lowest BCUT2D eigenvalue weighted by Crippen LogP contribution is -2.36. The second kappa shape index (κ2) is 6.11. The monoisotopic (exact) mass is 202 g/mol. The first-order valence-corrected chi connectivity index (χ1v) is 5.19. The van der Waals surface area contributed by atoms with Crippen molar-refractivity contribution < 1.29 is 19.7 Å². The first kappa shape index (κ1) is 11.6. The van der Waals surface area contributed by atoms with Gasteiger partial charge in [-0.2, -0.15) is 0 Å². The van der Waals surface area contributed by atoms with Gasteiger partial charge in [0.25, 0.3) is 0 Å². The molecule has 0 aromatic heterocycles. The molecule has 0 amide bonds. The zero-order valence-corrected chi connectivity index (χ0v) is 8.26. The molecular weight excluding hydrogens is 184 g/mol. The Morgan fingerprint density at radius 3 is 2.93 bits per heavy atom. The number of hydrogen-bond donors (Lipinski definition) is 2. The first-order chi connectivity index (χ1) is 6.74. The van der Waals surface area contributed by atoms with E-state index in [0.717, 1.165) is 19.1 Å². The van der Waals surface area contributed by atoms with Crippen LogP contribution in [0.4, 0.5) is 0 Å². The quantitative estimate of drug-likeness (QED) is 0.506. The van der Waals surface area contributed by atoms with Gasteiger partial charge < -0.3 is 19.7 Å². The molecule has 4 nitrogen and oxygen atoms in total. The maximum Gasteiger partial charge on any atom is 0.155 e. The highest BCUT2D eigenvalue weighted by Crippen LogP contribution is 2.21. The van der Waals surface area contributed by atoms with E-state index in [4.69, 9.17) is 4.74 Å². The van der Waals surface area contributed by atoms with Gasteiger partial charge in [-0.25, -0.2) is 0 Å². The summed E-state index contributed by atoms with van der Waals surface area (Å²) in [7, 11) is 0. The Balaban J connectivity index is 2.21. The maximum absolute atomic E-state index is 10.1. The third kappa shape index (κ3) is 3.74. The van der Waals surface area contributed by atoms with E-state index in [-0.39, 0.29) is 6.10 Å². The van der Waals surface area contributed by atoms with Crippen molar-refractivity contribution in [3.63, 3.8) is 0 Å². The Morgan fingerprint density at radius 2 is 2.29 bits per heavy atom. The molecule has 0 aromatic carbocycles. The molecule has 1 heterocycles. The number of unbranched alkanes of at least 4 members (excludes halogenated alkanes) is 1. The van der Waals surface area contributed by atoms with E-state index in [1.54, 1.807) is 0 Å². The summed E-state index contributed by atoms with van der Waals surface area (Å²) in [5.41, 5.74) is 0. The minimum absolute atomic E-state index is 0.259. The van der Waals surface area contributed by atoms with Crippen molar-refractivity contribution in [1.82, 2.24) is 0 Å². The Kier molecular flexibility index (Phi) is 5.07. The van der Waals surface area contributed by atoms with Gasteiger partial charge in [-0.05, 0) is 32.1 Å². The molecule has 0 aliphatic carbocycles. The van der Waals surface area contributed by atoms with Crippen molar-refractivity contribution in [2.75, 3.05) is 0 Å². The van der Waals surface area contributed by atoms with Crippen LogP contribution in [0.1, 0.15) is 38.5 Å². The molecule has 1 aliphatic rings. The fourth-order valence-corrected chi connectivity index (χ4v) is 1.71. The standard InChI is InChI=1S/C10H18O4/c11-7-2-1-4-8(12)9-5-3-6-10(13)14-9/h7-10,12-13H,1-6H2. The predicted octanol–water partition coefficient (Wildman–Crippen LogP) is 0.604. The van der Waals surface area contributed by atoms with Crippen LogP contribution < -0.4 is 0 Å². The minimum Gasteiger partial charge on any atom is -0.390 e. The Bertz CT molecular complexity index is 172. The highest BCUT2D eigenvalue weighted by Gasteiger charge is 2.26. The van der Waals surface area contributed by atoms with E-state index < -0.39 is 12.4 Å². The topological polar surface area (TPSA) is 66.8 Å². The number of ether oxygens (including phenoxy) is 1. The molecule has 3 unspecified atom stereocenters. The largest absolute Gasteiger partial charge is 0.390 e. The van der Waals surface area contributed by atoms with Crippen LogP contribution in [0, 0.1) is 0 Å². The summed E-state index contributed by atoms with van der Waals surface area (Å²) in [4.78, 5) is 10.1. The van der Waals surface area contributed by atoms with Crippen LogP contribution in [0.25, 0.3) is 0 Å². The van der Waals surface area contributed by atoms with Gasteiger partial charge in [0.05, 0.1) is 12.2 Å². The number of aliphatic hydroxyl groups excluding tert-OH is 2. The lowest BCUT2D eigenvalue weighted by Gasteiger charge is -2.30. The van der Waals surface area contributed by atoms with E-state index in [0.29, 0.717) is 25.7 Å². The third-order valence-electron chi connectivity index (χ3n) is 2.52. The normalized spacial score (nSPS) is 29.9. The molecule has 1 saturated heterocycles. The summed E-state index contributed by atoms with van der Waals surface area (Å²) in [6.45, 7) is 0. The number of carbonyl (C=O) groups is 1. The van der Waals surface area contributed by atoms with Gasteiger partial charge in [-0.1, -0.05) is 0 Å². The molecule has 14 heavy (non-hydrogen) atoms. The SMILES string of the molecule is O=CCCCC(O)C1CCCC(O)O1. The molecule has 82 valence electrons. The van der Waals surface area contributed by atoms with E-state index in [1.165, 1.54) is 0 Å². The highest BCUT2D eigenvalue weighted by atomic mass is 16.6. The van der Waals surface area contributed by atoms with Gasteiger partial charge >= 0.3 is 0 Å². The highest BCUT2D eigenvalue weighted by molar-refractivity contribution is 5.48. The summed E-state index contributed by atoms with van der Waals surface area (Å²) in [6, 6.07) is 0. The van der Waals surface area contributed by atoms with Crippen molar-refractivity contribution in [2.45, 2.75) is 57.0 Å². The van der Waals surface area contributed by atoms with Gasteiger partial charge in [0.2, 0.25) is 0 Å². The van der Waals surface area contributed by atoms with Crippen molar-refractivity contribution in [2.24, 2.45) is 0 Å². The fraction of sp³-hybridized carbons (Fsp3) is 0.900. The molecule has 1 aliphatic heterocycles. The number of aliphatic hydroxyl groups is 2. The number of aldehydes is 1. The van der Waals surface area contributed by atoms with Crippen LogP contribution in [0.3, 0.4) is 0 Å². The van der Waals surface area contributed by atoms with Crippen LogP contribution in [-0.2, 0) is 9.53 Å². The molecule has 2 N–H and O–H groups in total. The zero-order chi connectivity index (χ0) is 10.4. The summed E-state index contributed by atoms with van der Waals surface area (Å²) < 4.78 is 5.20.